The first-order valence-electron chi connectivity index (χ1n) is 16.8. The molecule has 2 aliphatic heterocycles. The second-order valence-electron chi connectivity index (χ2n) is 12.7. The molecule has 2 aliphatic rings. The smallest absolute Gasteiger partial charge is 0.247 e. The van der Waals surface area contributed by atoms with Gasteiger partial charge >= 0.3 is 0 Å². The lowest BCUT2D eigenvalue weighted by Gasteiger charge is -2.38. The van der Waals surface area contributed by atoms with Crippen LogP contribution in [0.1, 0.15) is 11.1 Å². The molecular formula is C44H33BNS2Si. The Hall–Kier alpha value is -4.68. The number of nitrogens with zero attached hydrogens (tertiary/aromatic N) is 1. The van der Waals surface area contributed by atoms with Crippen molar-refractivity contribution in [2.45, 2.75) is 33.4 Å². The van der Waals surface area contributed by atoms with Gasteiger partial charge in [-0.15, -0.1) is 0 Å². The first-order chi connectivity index (χ1) is 24.2. The molecule has 2 heterocycles. The van der Waals surface area contributed by atoms with Crippen LogP contribution in [-0.2, 0) is 0 Å². The van der Waals surface area contributed by atoms with Gasteiger partial charge in [0.2, 0.25) is 6.71 Å². The fourth-order valence-electron chi connectivity index (χ4n) is 7.55. The molecule has 0 atom stereocenters. The third-order valence-electron chi connectivity index (χ3n) is 9.74. The molecule has 7 aromatic carbocycles. The zero-order valence-corrected chi connectivity index (χ0v) is 30.1. The molecule has 1 nitrogen and oxygen atoms in total. The number of anilines is 3. The highest BCUT2D eigenvalue weighted by Crippen LogP contribution is 2.48. The summed E-state index contributed by atoms with van der Waals surface area (Å²) in [6, 6.07) is 60.9. The molecule has 5 heteroatoms. The number of rotatable bonds is 6. The summed E-state index contributed by atoms with van der Waals surface area (Å²) in [6.07, 6.45) is 0. The van der Waals surface area contributed by atoms with E-state index in [1.54, 1.807) is 0 Å². The number of aryl methyl sites for hydroxylation is 2. The van der Waals surface area contributed by atoms with Crippen LogP contribution in [0.3, 0.4) is 0 Å². The lowest BCUT2D eigenvalue weighted by atomic mass is 9.36. The van der Waals surface area contributed by atoms with Crippen LogP contribution in [0.15, 0.2) is 183 Å². The van der Waals surface area contributed by atoms with Gasteiger partial charge in [-0.2, -0.15) is 0 Å². The minimum Gasteiger partial charge on any atom is -0.309 e. The Kier molecular flexibility index (Phi) is 7.84. The molecule has 0 saturated heterocycles. The van der Waals surface area contributed by atoms with Gasteiger partial charge in [-0.25, -0.2) is 0 Å². The standard InChI is InChI=1S/C44H33BNS2Si/c1-30-17-9-12-24-36(30)46(37-25-13-16-28-41(37)49(32-18-5-3-6-19-32)33-20-7-4-8-21-33)38-29-31(2)43-42-44(38)48-40-27-15-11-23-35(40)45(42)34-22-10-14-26-39(34)47-43/h3-29H,1-2H3. The minimum absolute atomic E-state index is 0.195. The SMILES string of the molecule is Cc1ccccc1N(c1ccccc1[Si](c1ccccc1)c1ccccc1)c1cc(C)c2c3c1Sc1ccccc1B3c1ccccc1S2. The van der Waals surface area contributed by atoms with Gasteiger partial charge < -0.3 is 4.90 Å². The lowest BCUT2D eigenvalue weighted by molar-refractivity contribution is 1.17. The normalized spacial score (nSPS) is 12.7. The molecule has 0 saturated carbocycles. The Labute approximate surface area is 299 Å². The molecule has 9 rings (SSSR count). The fraction of sp³-hybridized carbons (Fsp3) is 0.0455. The molecule has 0 unspecified atom stereocenters. The van der Waals surface area contributed by atoms with E-state index in [1.165, 1.54) is 79.7 Å². The molecule has 0 N–H and O–H groups in total. The summed E-state index contributed by atoms with van der Waals surface area (Å²) in [5, 5.41) is 4.15. The maximum absolute atomic E-state index is 2.59. The summed E-state index contributed by atoms with van der Waals surface area (Å²) in [4.78, 5) is 8.06. The topological polar surface area (TPSA) is 3.24 Å². The van der Waals surface area contributed by atoms with Crippen molar-refractivity contribution in [3.63, 3.8) is 0 Å². The molecule has 49 heavy (non-hydrogen) atoms. The first-order valence-corrected chi connectivity index (χ1v) is 19.9. The van der Waals surface area contributed by atoms with Crippen molar-refractivity contribution in [3.8, 4) is 0 Å². The maximum atomic E-state index is 2.59. The van der Waals surface area contributed by atoms with Gasteiger partial charge in [0.1, 0.15) is 0 Å². The maximum Gasteiger partial charge on any atom is 0.247 e. The van der Waals surface area contributed by atoms with Gasteiger partial charge in [0.25, 0.3) is 0 Å². The summed E-state index contributed by atoms with van der Waals surface area (Å²) in [5.41, 5.74) is 10.6. The van der Waals surface area contributed by atoms with E-state index in [0.29, 0.717) is 0 Å². The van der Waals surface area contributed by atoms with Crippen molar-refractivity contribution in [1.29, 1.82) is 0 Å². The quantitative estimate of drug-likeness (QED) is 0.131. The van der Waals surface area contributed by atoms with E-state index in [9.17, 15) is 0 Å². The van der Waals surface area contributed by atoms with Gasteiger partial charge in [0, 0.05) is 31.0 Å². The van der Waals surface area contributed by atoms with Crippen LogP contribution < -0.4 is 36.8 Å². The fourth-order valence-corrected chi connectivity index (χ4v) is 12.8. The molecule has 0 bridgehead atoms. The van der Waals surface area contributed by atoms with Gasteiger partial charge in [-0.3, -0.25) is 0 Å². The average Bonchev–Trinajstić information content (AvgIpc) is 3.15. The van der Waals surface area contributed by atoms with Crippen LogP contribution >= 0.6 is 23.5 Å². The lowest BCUT2D eigenvalue weighted by Crippen LogP contribution is -2.58. The van der Waals surface area contributed by atoms with E-state index in [-0.39, 0.29) is 6.71 Å². The predicted molar refractivity (Wildman–Crippen MR) is 214 cm³/mol. The Morgan fingerprint density at radius 1 is 0.469 bits per heavy atom. The minimum atomic E-state index is -1.36. The molecule has 0 spiro atoms. The van der Waals surface area contributed by atoms with Crippen molar-refractivity contribution in [3.05, 3.63) is 175 Å². The predicted octanol–water partition coefficient (Wildman–Crippen LogP) is 7.73. The Morgan fingerprint density at radius 2 is 0.980 bits per heavy atom. The molecule has 0 aliphatic carbocycles. The summed E-state index contributed by atoms with van der Waals surface area (Å²) in [7, 11) is -1.36. The van der Waals surface area contributed by atoms with Crippen molar-refractivity contribution in [2.24, 2.45) is 0 Å². The van der Waals surface area contributed by atoms with Gasteiger partial charge in [0.05, 0.1) is 5.69 Å². The zero-order chi connectivity index (χ0) is 32.9. The number of hydrogen-bond donors (Lipinski definition) is 0. The molecule has 0 fully saturated rings. The highest BCUT2D eigenvalue weighted by molar-refractivity contribution is 8.01. The van der Waals surface area contributed by atoms with Crippen molar-refractivity contribution in [2.75, 3.05) is 4.90 Å². The Morgan fingerprint density at radius 3 is 1.61 bits per heavy atom. The van der Waals surface area contributed by atoms with Crippen LogP contribution in [-0.4, -0.2) is 15.5 Å². The molecule has 0 amide bonds. The second kappa shape index (κ2) is 12.6. The Balaban J connectivity index is 1.34. The van der Waals surface area contributed by atoms with E-state index in [4.69, 9.17) is 0 Å². The van der Waals surface area contributed by atoms with Gasteiger partial charge in [0.15, 0.2) is 8.80 Å². The van der Waals surface area contributed by atoms with Crippen molar-refractivity contribution < 1.29 is 0 Å². The molecular weight excluding hydrogens is 646 g/mol. The van der Waals surface area contributed by atoms with Gasteiger partial charge in [-0.1, -0.05) is 178 Å². The van der Waals surface area contributed by atoms with Crippen LogP contribution in [0.2, 0.25) is 0 Å². The van der Waals surface area contributed by atoms with Crippen molar-refractivity contribution >= 4 is 88.0 Å². The molecule has 0 aromatic heterocycles. The van der Waals surface area contributed by atoms with Gasteiger partial charge in [-0.05, 0) is 66.0 Å². The summed E-state index contributed by atoms with van der Waals surface area (Å²) in [5.74, 6) is 0. The first kappa shape index (κ1) is 30.4. The number of para-hydroxylation sites is 2. The molecule has 233 valence electrons. The monoisotopic (exact) mass is 678 g/mol. The number of hydrogen-bond acceptors (Lipinski definition) is 3. The number of fused-ring (bicyclic) bond motifs is 4. The van der Waals surface area contributed by atoms with Crippen LogP contribution in [0.25, 0.3) is 0 Å². The summed E-state index contributed by atoms with van der Waals surface area (Å²) < 4.78 is 0. The number of benzene rings is 7. The van der Waals surface area contributed by atoms with E-state index < -0.39 is 8.80 Å². The van der Waals surface area contributed by atoms with E-state index >= 15 is 0 Å². The third kappa shape index (κ3) is 5.20. The van der Waals surface area contributed by atoms with E-state index in [2.05, 4.69) is 183 Å². The average molecular weight is 679 g/mol. The second-order valence-corrected chi connectivity index (χ2v) is 17.3. The molecule has 7 aromatic rings. The highest BCUT2D eigenvalue weighted by Gasteiger charge is 2.41. The Bertz CT molecular complexity index is 2290. The van der Waals surface area contributed by atoms with Crippen LogP contribution in [0.5, 0.6) is 0 Å². The summed E-state index contributed by atoms with van der Waals surface area (Å²) >= 11 is 3.89. The van der Waals surface area contributed by atoms with Crippen LogP contribution in [0.4, 0.5) is 17.1 Å². The third-order valence-corrected chi connectivity index (χ3v) is 15.1. The molecule has 1 radical (unpaired) electrons. The largest absolute Gasteiger partial charge is 0.309 e. The van der Waals surface area contributed by atoms with Crippen molar-refractivity contribution in [1.82, 2.24) is 0 Å². The highest BCUT2D eigenvalue weighted by atomic mass is 32.2. The van der Waals surface area contributed by atoms with E-state index in [0.717, 1.165) is 0 Å². The van der Waals surface area contributed by atoms with Crippen LogP contribution in [0, 0.1) is 13.8 Å². The zero-order valence-electron chi connectivity index (χ0n) is 27.4. The van der Waals surface area contributed by atoms with E-state index in [1.807, 2.05) is 23.5 Å². The summed E-state index contributed by atoms with van der Waals surface area (Å²) in [6.45, 7) is 4.76.